The third kappa shape index (κ3) is 6.27. The van der Waals surface area contributed by atoms with Crippen LogP contribution in [0, 0.1) is 12.3 Å². The lowest BCUT2D eigenvalue weighted by Crippen LogP contribution is -2.34. The molecule has 29 heavy (non-hydrogen) atoms. The maximum Gasteiger partial charge on any atom is 0.314 e. The van der Waals surface area contributed by atoms with Crippen LogP contribution in [0.4, 0.5) is 0 Å². The first kappa shape index (κ1) is 23.3. The lowest BCUT2D eigenvalue weighted by atomic mass is 9.81. The van der Waals surface area contributed by atoms with Gasteiger partial charge in [0.2, 0.25) is 0 Å². The fraction of sp³-hybridized carbons (Fsp3) is 0.591. The monoisotopic (exact) mass is 407 g/mol. The highest BCUT2D eigenvalue weighted by Gasteiger charge is 2.40. The van der Waals surface area contributed by atoms with E-state index in [-0.39, 0.29) is 12.6 Å². The van der Waals surface area contributed by atoms with Crippen LogP contribution in [0.25, 0.3) is 0 Å². The van der Waals surface area contributed by atoms with Crippen molar-refractivity contribution < 1.29 is 28.8 Å². The predicted octanol–water partition coefficient (Wildman–Crippen LogP) is 2.56. The molecule has 2 rings (SSSR count). The van der Waals surface area contributed by atoms with Crippen molar-refractivity contribution in [3.63, 3.8) is 0 Å². The molecule has 1 aromatic carbocycles. The Balaban J connectivity index is 2.01. The molecule has 0 saturated carbocycles. The molecule has 7 nitrogen and oxygen atoms in total. The molecule has 162 valence electrons. The number of benzene rings is 1. The summed E-state index contributed by atoms with van der Waals surface area (Å²) in [6.07, 6.45) is 1.50. The van der Waals surface area contributed by atoms with Crippen molar-refractivity contribution in [3.8, 4) is 0 Å². The number of methoxy groups -OCH3 is 2. The van der Waals surface area contributed by atoms with Gasteiger partial charge < -0.3 is 29.0 Å². The second kappa shape index (κ2) is 10.7. The number of carbonyl (C=O) groups is 1. The average molecular weight is 408 g/mol. The van der Waals surface area contributed by atoms with Gasteiger partial charge in [0.15, 0.2) is 0 Å². The number of ether oxygens (including phenoxy) is 4. The number of rotatable bonds is 13. The summed E-state index contributed by atoms with van der Waals surface area (Å²) in [6, 6.07) is 5.77. The number of aryl methyl sites for hydroxylation is 1. The Hall–Kier alpha value is -1.93. The zero-order chi connectivity index (χ0) is 21.4. The Morgan fingerprint density at radius 2 is 1.97 bits per heavy atom. The molecule has 0 radical (unpaired) electrons. The number of esters is 1. The summed E-state index contributed by atoms with van der Waals surface area (Å²) in [5, 5.41) is 9.61. The number of aliphatic hydroxyl groups excluding tert-OH is 1. The smallest absolute Gasteiger partial charge is 0.314 e. The van der Waals surface area contributed by atoms with Crippen LogP contribution in [-0.2, 0) is 30.3 Å². The minimum Gasteiger partial charge on any atom is -0.469 e. The number of carbonyl (C=O) groups excluding carboxylic acids is 1. The van der Waals surface area contributed by atoms with Gasteiger partial charge in [-0.15, -0.1) is 0 Å². The Morgan fingerprint density at radius 1 is 1.21 bits per heavy atom. The highest BCUT2D eigenvalue weighted by Crippen LogP contribution is 2.39. The molecule has 1 aliphatic rings. The first-order valence-corrected chi connectivity index (χ1v) is 9.79. The van der Waals surface area contributed by atoms with E-state index in [2.05, 4.69) is 4.90 Å². The van der Waals surface area contributed by atoms with Gasteiger partial charge in [-0.2, -0.15) is 0 Å². The molecule has 0 saturated heterocycles. The molecule has 1 aliphatic heterocycles. The quantitative estimate of drug-likeness (QED) is 0.398. The molecule has 1 aromatic rings. The summed E-state index contributed by atoms with van der Waals surface area (Å²) in [6.45, 7) is 8.41. The molecule has 1 unspecified atom stereocenters. The van der Waals surface area contributed by atoms with Crippen molar-refractivity contribution in [2.75, 3.05) is 47.2 Å². The second-order valence-corrected chi connectivity index (χ2v) is 7.67. The van der Waals surface area contributed by atoms with Gasteiger partial charge in [0.25, 0.3) is 0 Å². The van der Waals surface area contributed by atoms with Gasteiger partial charge in [-0.1, -0.05) is 18.2 Å². The van der Waals surface area contributed by atoms with Crippen LogP contribution < -0.4 is 0 Å². The molecule has 1 atom stereocenters. The minimum absolute atomic E-state index is 0.0625. The van der Waals surface area contributed by atoms with E-state index in [1.807, 2.05) is 45.2 Å². The first-order chi connectivity index (χ1) is 13.8. The molecule has 0 amide bonds. The third-order valence-electron chi connectivity index (χ3n) is 5.13. The van der Waals surface area contributed by atoms with E-state index in [9.17, 15) is 9.90 Å². The fourth-order valence-electron chi connectivity index (χ4n) is 3.17. The second-order valence-electron chi connectivity index (χ2n) is 7.67. The van der Waals surface area contributed by atoms with E-state index < -0.39 is 11.5 Å². The van der Waals surface area contributed by atoms with Gasteiger partial charge >= 0.3 is 5.97 Å². The van der Waals surface area contributed by atoms with Crippen molar-refractivity contribution in [1.82, 2.24) is 4.90 Å². The molecule has 1 N–H and O–H groups in total. The Bertz CT molecular complexity index is 715. The SMILES string of the molecule is COCCOCCN1C=C1COC(c1ccc(C)c(CO)c1)C(C)(C)C(=O)OC. The minimum atomic E-state index is -0.889. The fourth-order valence-corrected chi connectivity index (χ4v) is 3.17. The van der Waals surface area contributed by atoms with E-state index in [1.54, 1.807) is 7.11 Å². The van der Waals surface area contributed by atoms with Crippen LogP contribution in [0.5, 0.6) is 0 Å². The standard InChI is InChI=1S/C22H33NO6/c1-16-6-7-17(12-18(16)14-24)20(22(2,3)21(25)27-5)29-15-19-13-23(19)8-9-28-11-10-26-4/h6-7,12-13,20,24H,8-11,14-15H2,1-5H3. The Kier molecular flexibility index (Phi) is 8.64. The number of aliphatic hydroxyl groups is 1. The highest BCUT2D eigenvalue weighted by molar-refractivity contribution is 5.77. The molecule has 0 bridgehead atoms. The van der Waals surface area contributed by atoms with Crippen LogP contribution in [0.1, 0.15) is 36.6 Å². The summed E-state index contributed by atoms with van der Waals surface area (Å²) in [4.78, 5) is 14.5. The summed E-state index contributed by atoms with van der Waals surface area (Å²) in [5.74, 6) is -0.346. The van der Waals surface area contributed by atoms with Crippen molar-refractivity contribution in [3.05, 3.63) is 46.8 Å². The summed E-state index contributed by atoms with van der Waals surface area (Å²) >= 11 is 0. The van der Waals surface area contributed by atoms with Gasteiger partial charge in [0.05, 0.1) is 57.4 Å². The normalized spacial score (nSPS) is 14.6. The predicted molar refractivity (Wildman–Crippen MR) is 109 cm³/mol. The van der Waals surface area contributed by atoms with Crippen LogP contribution in [-0.4, -0.2) is 63.2 Å². The summed E-state index contributed by atoms with van der Waals surface area (Å²) in [5.41, 5.74) is 2.82. The van der Waals surface area contributed by atoms with Gasteiger partial charge in [-0.05, 0) is 37.5 Å². The maximum absolute atomic E-state index is 12.4. The molecule has 7 heteroatoms. The van der Waals surface area contributed by atoms with E-state index in [0.29, 0.717) is 26.4 Å². The first-order valence-electron chi connectivity index (χ1n) is 9.79. The van der Waals surface area contributed by atoms with E-state index in [0.717, 1.165) is 28.9 Å². The molecule has 0 fully saturated rings. The summed E-state index contributed by atoms with van der Waals surface area (Å²) in [7, 11) is 3.03. The highest BCUT2D eigenvalue weighted by atomic mass is 16.5. The van der Waals surface area contributed by atoms with Crippen molar-refractivity contribution in [1.29, 1.82) is 0 Å². The Labute approximate surface area is 173 Å². The molecule has 1 heterocycles. The van der Waals surface area contributed by atoms with Crippen LogP contribution in [0.3, 0.4) is 0 Å². The van der Waals surface area contributed by atoms with E-state index >= 15 is 0 Å². The van der Waals surface area contributed by atoms with Crippen molar-refractivity contribution >= 4 is 5.97 Å². The van der Waals surface area contributed by atoms with Gasteiger partial charge in [0.1, 0.15) is 0 Å². The summed E-state index contributed by atoms with van der Waals surface area (Å²) < 4.78 is 21.6. The topological polar surface area (TPSA) is 77.2 Å². The number of hydrogen-bond donors (Lipinski definition) is 1. The molecule has 0 aromatic heterocycles. The lowest BCUT2D eigenvalue weighted by molar-refractivity contribution is -0.160. The average Bonchev–Trinajstić information content (AvgIpc) is 3.46. The van der Waals surface area contributed by atoms with Crippen LogP contribution >= 0.6 is 0 Å². The Morgan fingerprint density at radius 3 is 2.62 bits per heavy atom. The molecule has 0 spiro atoms. The zero-order valence-corrected chi connectivity index (χ0v) is 18.1. The van der Waals surface area contributed by atoms with Crippen molar-refractivity contribution in [2.24, 2.45) is 5.41 Å². The molecule has 0 aliphatic carbocycles. The van der Waals surface area contributed by atoms with Crippen LogP contribution in [0.2, 0.25) is 0 Å². The molecular formula is C22H33NO6. The van der Waals surface area contributed by atoms with Gasteiger partial charge in [0, 0.05) is 19.9 Å². The lowest BCUT2D eigenvalue weighted by Gasteiger charge is -2.32. The number of hydrogen-bond acceptors (Lipinski definition) is 7. The van der Waals surface area contributed by atoms with Gasteiger partial charge in [-0.25, -0.2) is 0 Å². The van der Waals surface area contributed by atoms with E-state index in [1.165, 1.54) is 7.11 Å². The largest absolute Gasteiger partial charge is 0.469 e. The van der Waals surface area contributed by atoms with Gasteiger partial charge in [-0.3, -0.25) is 4.79 Å². The van der Waals surface area contributed by atoms with E-state index in [4.69, 9.17) is 18.9 Å². The zero-order valence-electron chi connectivity index (χ0n) is 18.1. The van der Waals surface area contributed by atoms with Crippen molar-refractivity contribution in [2.45, 2.75) is 33.5 Å². The third-order valence-corrected chi connectivity index (χ3v) is 5.13. The van der Waals surface area contributed by atoms with Crippen LogP contribution in [0.15, 0.2) is 30.1 Å². The molecular weight excluding hydrogens is 374 g/mol. The number of nitrogens with zero attached hydrogens (tertiary/aromatic N) is 1. The maximum atomic E-state index is 12.4.